The third-order valence-electron chi connectivity index (χ3n) is 4.76. The molecule has 0 fully saturated rings. The average Bonchev–Trinajstić information content (AvgIpc) is 2.79. The molecule has 5 nitrogen and oxygen atoms in total. The van der Waals surface area contributed by atoms with Crippen molar-refractivity contribution in [3.63, 3.8) is 0 Å². The lowest BCUT2D eigenvalue weighted by molar-refractivity contribution is 0.0697. The minimum Gasteiger partial charge on any atom is -0.478 e. The molecule has 0 amide bonds. The number of carboxylic acid groups (broad SMARTS) is 1. The number of rotatable bonds is 3. The largest absolute Gasteiger partial charge is 0.478 e. The Hall–Kier alpha value is -3.60. The molecule has 1 heterocycles. The van der Waals surface area contributed by atoms with E-state index in [0.717, 1.165) is 4.90 Å². The molecule has 1 N–H and O–H groups in total. The van der Waals surface area contributed by atoms with Gasteiger partial charge >= 0.3 is 5.97 Å². The number of carbonyl (C=O) groups is 1. The van der Waals surface area contributed by atoms with Gasteiger partial charge < -0.3 is 14.4 Å². The average molecular weight is 397 g/mol. The Morgan fingerprint density at radius 3 is 2.66 bits per heavy atom. The topological polar surface area (TPSA) is 56.7 Å². The van der Waals surface area contributed by atoms with Crippen molar-refractivity contribution in [1.82, 2.24) is 4.58 Å². The van der Waals surface area contributed by atoms with Crippen LogP contribution in [0.3, 0.4) is 0 Å². The quantitative estimate of drug-likeness (QED) is 0.420. The maximum atomic E-state index is 12.1. The number of hydrogen-bond donors (Lipinski definition) is 1. The van der Waals surface area contributed by atoms with Crippen LogP contribution in [-0.2, 0) is 0 Å². The Morgan fingerprint density at radius 1 is 1.07 bits per heavy atom. The summed E-state index contributed by atoms with van der Waals surface area (Å²) in [4.78, 5) is 13.1. The summed E-state index contributed by atoms with van der Waals surface area (Å²) >= 11 is 0. The Morgan fingerprint density at radius 2 is 1.90 bits per heavy atom. The van der Waals surface area contributed by atoms with E-state index < -0.39 is 26.9 Å². The number of carboxylic acids is 1. The molecule has 0 spiro atoms. The molecule has 146 valence electrons. The van der Waals surface area contributed by atoms with E-state index in [9.17, 15) is 9.90 Å². The third-order valence-corrected chi connectivity index (χ3v) is 4.76. The Kier molecular flexibility index (Phi) is 2.64. The lowest BCUT2D eigenvalue weighted by Crippen LogP contribution is -2.21. The van der Waals surface area contributed by atoms with E-state index in [1.165, 1.54) is 37.4 Å². The van der Waals surface area contributed by atoms with Gasteiger partial charge in [-0.25, -0.2) is 9.37 Å². The first-order valence-corrected chi connectivity index (χ1v) is 8.70. The van der Waals surface area contributed by atoms with Crippen molar-refractivity contribution in [3.8, 4) is 22.5 Å². The molecule has 2 aliphatic rings. The summed E-state index contributed by atoms with van der Waals surface area (Å²) in [6, 6.07) is 15.0. The highest BCUT2D eigenvalue weighted by Crippen LogP contribution is 2.41. The molecule has 2 aromatic rings. The molecule has 0 bridgehead atoms. The lowest BCUT2D eigenvalue weighted by atomic mass is 9.90. The van der Waals surface area contributed by atoms with Crippen LogP contribution in [0.5, 0.6) is 0 Å². The van der Waals surface area contributed by atoms with Crippen molar-refractivity contribution < 1.29 is 26.7 Å². The molecular weight excluding hydrogens is 364 g/mol. The number of fused-ring (bicyclic) bond motifs is 2. The van der Waals surface area contributed by atoms with Gasteiger partial charge in [0.25, 0.3) is 0 Å². The number of aromatic carboxylic acids is 1. The third kappa shape index (κ3) is 3.25. The summed E-state index contributed by atoms with van der Waals surface area (Å²) in [5, 5.41) is 10.2. The minimum atomic E-state index is -3.00. The Labute approximate surface area is 181 Å². The monoisotopic (exact) mass is 396 g/mol. The number of benzene rings is 3. The number of hydrogen-bond acceptors (Lipinski definition) is 3. The van der Waals surface area contributed by atoms with Gasteiger partial charge in [-0.05, 0) is 29.8 Å². The zero-order valence-corrected chi connectivity index (χ0v) is 15.4. The van der Waals surface area contributed by atoms with Gasteiger partial charge in [0, 0.05) is 52.5 Å². The van der Waals surface area contributed by atoms with E-state index in [0.29, 0.717) is 32.3 Å². The highest BCUT2D eigenvalue weighted by atomic mass is 16.4. The number of nitrogens with zero attached hydrogens (tertiary/aromatic N) is 2. The Balaban J connectivity index is 2.18. The minimum absolute atomic E-state index is 0.000622. The van der Waals surface area contributed by atoms with Gasteiger partial charge in [-0.1, -0.05) is 18.2 Å². The molecule has 0 radical (unpaired) electrons. The molecule has 1 aliphatic carbocycles. The molecule has 1 aliphatic heterocycles. The maximum absolute atomic E-state index is 12.1. The summed E-state index contributed by atoms with van der Waals surface area (Å²) in [5.41, 5.74) is 1.68. The van der Waals surface area contributed by atoms with Crippen molar-refractivity contribution in [3.05, 3.63) is 71.6 Å². The molecule has 29 heavy (non-hydrogen) atoms. The standard InChI is InChI=1S/C24H22N2O3/c1-25(2)15-9-11-19-21(13-15)29-22-14-16(26(3)4)10-12-20(22)23(19)17-7-5-6-8-18(17)24(27)28/h5-14H,1-4H3/p+1/i1D3,2D3,3D3. The van der Waals surface area contributed by atoms with E-state index >= 15 is 0 Å². The van der Waals surface area contributed by atoms with E-state index in [2.05, 4.69) is 0 Å². The van der Waals surface area contributed by atoms with Crippen molar-refractivity contribution in [1.29, 1.82) is 0 Å². The second kappa shape index (κ2) is 7.09. The van der Waals surface area contributed by atoms with Crippen LogP contribution in [0.25, 0.3) is 33.4 Å². The van der Waals surface area contributed by atoms with Crippen LogP contribution in [0.1, 0.15) is 22.7 Å². The first-order chi connectivity index (χ1) is 17.5. The first kappa shape index (κ1) is 10.8. The van der Waals surface area contributed by atoms with Crippen LogP contribution in [0.4, 0.5) is 5.69 Å². The SMILES string of the molecule is [2H]C([2H])([2H])N(C)c1ccc2c(-c3ccccc3C(=O)O)c3ccc(=[N+](C([2H])([2H])[2H])C([2H])([2H])[2H])cc-3oc2c1. The molecule has 5 heteroatoms. The van der Waals surface area contributed by atoms with Gasteiger partial charge in [0.2, 0.25) is 5.36 Å². The van der Waals surface area contributed by atoms with E-state index in [1.54, 1.807) is 30.3 Å². The van der Waals surface area contributed by atoms with Crippen molar-refractivity contribution in [2.24, 2.45) is 0 Å². The van der Waals surface area contributed by atoms with Crippen LogP contribution >= 0.6 is 0 Å². The van der Waals surface area contributed by atoms with Crippen LogP contribution in [0, 0.1) is 0 Å². The van der Waals surface area contributed by atoms with Gasteiger partial charge in [0.15, 0.2) is 0 Å². The zero-order chi connectivity index (χ0) is 28.2. The summed E-state index contributed by atoms with van der Waals surface area (Å²) in [7, 11) is 1.39. The fraction of sp³-hybridized carbons (Fsp3) is 0.167. The molecule has 0 atom stereocenters. The molecule has 4 rings (SSSR count). The smallest absolute Gasteiger partial charge is 0.336 e. The molecule has 0 saturated carbocycles. The Bertz CT molecular complexity index is 1570. The second-order valence-electron chi connectivity index (χ2n) is 6.58. The predicted molar refractivity (Wildman–Crippen MR) is 117 cm³/mol. The van der Waals surface area contributed by atoms with Crippen molar-refractivity contribution in [2.45, 2.75) is 0 Å². The zero-order valence-electron chi connectivity index (χ0n) is 24.4. The molecule has 0 aromatic heterocycles. The van der Waals surface area contributed by atoms with Gasteiger partial charge in [-0.15, -0.1) is 0 Å². The fourth-order valence-electron chi connectivity index (χ4n) is 3.39. The van der Waals surface area contributed by atoms with Gasteiger partial charge in [-0.3, -0.25) is 0 Å². The maximum Gasteiger partial charge on any atom is 0.336 e. The summed E-state index contributed by atoms with van der Waals surface area (Å²) in [6.45, 7) is -8.44. The molecule has 2 aromatic carbocycles. The normalized spacial score (nSPS) is 16.9. The van der Waals surface area contributed by atoms with Crippen LogP contribution < -0.4 is 14.8 Å². The lowest BCUT2D eigenvalue weighted by Gasteiger charge is -2.18. The highest BCUT2D eigenvalue weighted by Gasteiger charge is 2.21. The van der Waals surface area contributed by atoms with Gasteiger partial charge in [0.1, 0.15) is 25.3 Å². The van der Waals surface area contributed by atoms with Crippen LogP contribution in [0.15, 0.2) is 65.1 Å². The van der Waals surface area contributed by atoms with Gasteiger partial charge in [0.05, 0.1) is 19.9 Å². The highest BCUT2D eigenvalue weighted by molar-refractivity contribution is 6.07. The first-order valence-electron chi connectivity index (χ1n) is 13.2. The van der Waals surface area contributed by atoms with Gasteiger partial charge in [-0.2, -0.15) is 0 Å². The molecule has 0 unspecified atom stereocenters. The summed E-state index contributed by atoms with van der Waals surface area (Å²) < 4.78 is 76.0. The second-order valence-corrected chi connectivity index (χ2v) is 6.58. The van der Waals surface area contributed by atoms with Crippen molar-refractivity contribution >= 4 is 22.6 Å². The summed E-state index contributed by atoms with van der Waals surface area (Å²) in [6.07, 6.45) is 0. The molecule has 0 saturated heterocycles. The molecular formula is C24H23N2O3+. The van der Waals surface area contributed by atoms with Crippen molar-refractivity contribution in [2.75, 3.05) is 32.9 Å². The predicted octanol–water partition coefficient (Wildman–Crippen LogP) is 4.00. The number of anilines is 1. The van der Waals surface area contributed by atoms with E-state index in [1.807, 2.05) is 0 Å². The van der Waals surface area contributed by atoms with E-state index in [4.69, 9.17) is 16.8 Å². The van der Waals surface area contributed by atoms with Crippen LogP contribution in [0.2, 0.25) is 0 Å². The summed E-state index contributed by atoms with van der Waals surface area (Å²) in [5.74, 6) is -1.09. The van der Waals surface area contributed by atoms with E-state index in [-0.39, 0.29) is 22.3 Å². The fourth-order valence-corrected chi connectivity index (χ4v) is 3.39. The van der Waals surface area contributed by atoms with Crippen LogP contribution in [-0.4, -0.2) is 39.1 Å².